The van der Waals surface area contributed by atoms with Gasteiger partial charge >= 0.3 is 0 Å². The summed E-state index contributed by atoms with van der Waals surface area (Å²) in [7, 11) is 0. The Hall–Kier alpha value is 0.210. The van der Waals surface area contributed by atoms with Gasteiger partial charge in [-0.3, -0.25) is 0 Å². The minimum Gasteiger partial charge on any atom is -0.381 e. The van der Waals surface area contributed by atoms with E-state index in [4.69, 9.17) is 16.3 Å². The Bertz CT molecular complexity index is 265. The largest absolute Gasteiger partial charge is 0.381 e. The van der Waals surface area contributed by atoms with Crippen LogP contribution in [0, 0.1) is 17.8 Å². The third kappa shape index (κ3) is 2.50. The highest BCUT2D eigenvalue weighted by atomic mass is 35.5. The number of rotatable bonds is 4. The molecule has 0 radical (unpaired) electrons. The van der Waals surface area contributed by atoms with Gasteiger partial charge in [0.2, 0.25) is 0 Å². The van der Waals surface area contributed by atoms with Gasteiger partial charge in [-0.1, -0.05) is 6.42 Å². The van der Waals surface area contributed by atoms with Crippen molar-refractivity contribution in [2.75, 3.05) is 25.6 Å². The molecule has 1 heterocycles. The highest BCUT2D eigenvalue weighted by molar-refractivity contribution is 6.18. The number of alkyl halides is 1. The van der Waals surface area contributed by atoms with Crippen molar-refractivity contribution in [1.82, 2.24) is 5.32 Å². The van der Waals surface area contributed by atoms with Crippen LogP contribution in [0.2, 0.25) is 0 Å². The molecule has 17 heavy (non-hydrogen) atoms. The van der Waals surface area contributed by atoms with Crippen molar-refractivity contribution >= 4 is 11.6 Å². The minimum atomic E-state index is 0.168. The molecule has 98 valence electrons. The number of ether oxygens (including phenoxy) is 1. The van der Waals surface area contributed by atoms with Crippen LogP contribution < -0.4 is 5.32 Å². The van der Waals surface area contributed by atoms with Crippen LogP contribution in [0.5, 0.6) is 0 Å². The van der Waals surface area contributed by atoms with Crippen molar-refractivity contribution in [1.29, 1.82) is 0 Å². The molecule has 1 saturated heterocycles. The quantitative estimate of drug-likeness (QED) is 0.782. The standard InChI is InChI=1S/C14H24ClNO/c15-10-14(3-5-17-6-4-14)16-9-13-8-11-1-2-12(13)7-11/h11-13,16H,1-10H2. The molecule has 1 aliphatic heterocycles. The summed E-state index contributed by atoms with van der Waals surface area (Å²) in [6.07, 6.45) is 8.11. The molecule has 0 aromatic rings. The average Bonchev–Trinajstić information content (AvgIpc) is 3.00. The first-order chi connectivity index (χ1) is 8.31. The van der Waals surface area contributed by atoms with Crippen LogP contribution >= 0.6 is 11.6 Å². The van der Waals surface area contributed by atoms with Gasteiger partial charge in [0, 0.05) is 24.6 Å². The number of fused-ring (bicyclic) bond motifs is 2. The van der Waals surface area contributed by atoms with Gasteiger partial charge in [-0.05, 0) is 56.4 Å². The monoisotopic (exact) mass is 257 g/mol. The van der Waals surface area contributed by atoms with Gasteiger partial charge < -0.3 is 10.1 Å². The predicted octanol–water partition coefficient (Wildman–Crippen LogP) is 2.80. The van der Waals surface area contributed by atoms with Gasteiger partial charge in [-0.15, -0.1) is 11.6 Å². The van der Waals surface area contributed by atoms with Gasteiger partial charge in [-0.2, -0.15) is 0 Å². The Morgan fingerprint density at radius 2 is 2.00 bits per heavy atom. The lowest BCUT2D eigenvalue weighted by Gasteiger charge is -2.38. The zero-order chi connectivity index (χ0) is 11.7. The van der Waals surface area contributed by atoms with E-state index in [0.29, 0.717) is 0 Å². The lowest BCUT2D eigenvalue weighted by atomic mass is 9.86. The molecule has 3 rings (SSSR count). The Morgan fingerprint density at radius 3 is 2.59 bits per heavy atom. The molecule has 3 atom stereocenters. The van der Waals surface area contributed by atoms with Crippen molar-refractivity contribution < 1.29 is 4.74 Å². The van der Waals surface area contributed by atoms with Crippen molar-refractivity contribution in [2.24, 2.45) is 17.8 Å². The zero-order valence-corrected chi connectivity index (χ0v) is 11.3. The predicted molar refractivity (Wildman–Crippen MR) is 70.4 cm³/mol. The molecule has 1 N–H and O–H groups in total. The smallest absolute Gasteiger partial charge is 0.0484 e. The fourth-order valence-corrected chi connectivity index (χ4v) is 4.46. The summed E-state index contributed by atoms with van der Waals surface area (Å²) in [5, 5.41) is 3.80. The molecule has 3 aliphatic rings. The molecular weight excluding hydrogens is 234 g/mol. The lowest BCUT2D eigenvalue weighted by molar-refractivity contribution is 0.0439. The summed E-state index contributed by atoms with van der Waals surface area (Å²) in [5.74, 6) is 3.72. The van der Waals surface area contributed by atoms with E-state index in [0.717, 1.165) is 49.7 Å². The second-order valence-electron chi connectivity index (χ2n) is 6.34. The summed E-state index contributed by atoms with van der Waals surface area (Å²) >= 11 is 6.18. The van der Waals surface area contributed by atoms with E-state index in [9.17, 15) is 0 Å². The third-order valence-corrected chi connectivity index (χ3v) is 5.84. The number of halogens is 1. The van der Waals surface area contributed by atoms with Crippen LogP contribution in [-0.2, 0) is 4.74 Å². The first-order valence-electron chi connectivity index (χ1n) is 7.20. The fourth-order valence-electron chi connectivity index (χ4n) is 4.09. The van der Waals surface area contributed by atoms with Crippen LogP contribution in [-0.4, -0.2) is 31.2 Å². The maximum Gasteiger partial charge on any atom is 0.0484 e. The second-order valence-corrected chi connectivity index (χ2v) is 6.61. The van der Waals surface area contributed by atoms with Gasteiger partial charge in [-0.25, -0.2) is 0 Å². The normalized spacial score (nSPS) is 39.7. The number of nitrogens with one attached hydrogen (secondary N) is 1. The topological polar surface area (TPSA) is 21.3 Å². The Balaban J connectivity index is 1.52. The van der Waals surface area contributed by atoms with Gasteiger partial charge in [0.05, 0.1) is 0 Å². The van der Waals surface area contributed by atoms with E-state index in [1.165, 1.54) is 32.2 Å². The van der Waals surface area contributed by atoms with E-state index >= 15 is 0 Å². The Morgan fingerprint density at radius 1 is 1.18 bits per heavy atom. The summed E-state index contributed by atoms with van der Waals surface area (Å²) < 4.78 is 5.45. The first-order valence-corrected chi connectivity index (χ1v) is 7.73. The fraction of sp³-hybridized carbons (Fsp3) is 1.00. The van der Waals surface area contributed by atoms with Crippen LogP contribution in [0.1, 0.15) is 38.5 Å². The number of hydrogen-bond donors (Lipinski definition) is 1. The second kappa shape index (κ2) is 5.07. The van der Waals surface area contributed by atoms with E-state index in [1.54, 1.807) is 0 Å². The van der Waals surface area contributed by atoms with Crippen molar-refractivity contribution in [3.63, 3.8) is 0 Å². The average molecular weight is 258 g/mol. The number of hydrogen-bond acceptors (Lipinski definition) is 2. The molecule has 2 saturated carbocycles. The van der Waals surface area contributed by atoms with E-state index in [-0.39, 0.29) is 5.54 Å². The Labute approximate surface area is 109 Å². The van der Waals surface area contributed by atoms with Gasteiger partial charge in [0.1, 0.15) is 0 Å². The molecule has 3 heteroatoms. The SMILES string of the molecule is ClCC1(NCC2CC3CCC2C3)CCOCC1. The van der Waals surface area contributed by atoms with Crippen LogP contribution in [0.3, 0.4) is 0 Å². The van der Waals surface area contributed by atoms with E-state index < -0.39 is 0 Å². The summed E-state index contributed by atoms with van der Waals surface area (Å²) in [4.78, 5) is 0. The third-order valence-electron chi connectivity index (χ3n) is 5.33. The lowest BCUT2D eigenvalue weighted by Crippen LogP contribution is -2.52. The summed E-state index contributed by atoms with van der Waals surface area (Å²) in [6.45, 7) is 2.93. The van der Waals surface area contributed by atoms with Crippen LogP contribution in [0.15, 0.2) is 0 Å². The zero-order valence-electron chi connectivity index (χ0n) is 10.6. The van der Waals surface area contributed by atoms with Crippen molar-refractivity contribution in [3.05, 3.63) is 0 Å². The molecule has 0 amide bonds. The maximum absolute atomic E-state index is 6.18. The van der Waals surface area contributed by atoms with Gasteiger partial charge in [0.15, 0.2) is 0 Å². The molecule has 2 bridgehead atoms. The summed E-state index contributed by atoms with van der Waals surface area (Å²) in [6, 6.07) is 0. The maximum atomic E-state index is 6.18. The highest BCUT2D eigenvalue weighted by Gasteiger charge is 2.40. The van der Waals surface area contributed by atoms with Crippen molar-refractivity contribution in [2.45, 2.75) is 44.1 Å². The first kappa shape index (κ1) is 12.3. The van der Waals surface area contributed by atoms with Crippen LogP contribution in [0.4, 0.5) is 0 Å². The molecular formula is C14H24ClNO. The molecule has 3 fully saturated rings. The summed E-state index contributed by atoms with van der Waals surface area (Å²) in [5.41, 5.74) is 0.168. The van der Waals surface area contributed by atoms with Crippen LogP contribution in [0.25, 0.3) is 0 Å². The molecule has 0 aromatic carbocycles. The highest BCUT2D eigenvalue weighted by Crippen LogP contribution is 2.48. The van der Waals surface area contributed by atoms with Crippen molar-refractivity contribution in [3.8, 4) is 0 Å². The molecule has 3 unspecified atom stereocenters. The minimum absolute atomic E-state index is 0.168. The van der Waals surface area contributed by atoms with E-state index in [1.807, 2.05) is 0 Å². The molecule has 0 spiro atoms. The molecule has 2 aliphatic carbocycles. The molecule has 2 nitrogen and oxygen atoms in total. The molecule has 0 aromatic heterocycles. The Kier molecular flexibility index (Phi) is 3.65. The van der Waals surface area contributed by atoms with Gasteiger partial charge in [0.25, 0.3) is 0 Å². The van der Waals surface area contributed by atoms with E-state index in [2.05, 4.69) is 5.32 Å².